The van der Waals surface area contributed by atoms with E-state index in [1.165, 1.54) is 76.8 Å². The maximum absolute atomic E-state index is 9.81. The summed E-state index contributed by atoms with van der Waals surface area (Å²) in [5.74, 6) is 0. The van der Waals surface area contributed by atoms with Crippen LogP contribution in [0, 0.1) is 11.3 Å². The Labute approximate surface area is 302 Å². The van der Waals surface area contributed by atoms with Gasteiger partial charge in [-0.3, -0.25) is 0 Å². The lowest BCUT2D eigenvalue weighted by molar-refractivity contribution is 0.794. The average molecular weight is 659 g/mol. The second-order valence-corrected chi connectivity index (χ2v) is 13.9. The van der Waals surface area contributed by atoms with Crippen molar-refractivity contribution in [2.24, 2.45) is 0 Å². The highest BCUT2D eigenvalue weighted by atomic mass is 15.1. The summed E-state index contributed by atoms with van der Waals surface area (Å²) in [7, 11) is 0. The molecule has 2 aliphatic carbocycles. The van der Waals surface area contributed by atoms with Crippen molar-refractivity contribution in [3.8, 4) is 28.3 Å². The van der Waals surface area contributed by atoms with Crippen LogP contribution in [0.5, 0.6) is 0 Å². The van der Waals surface area contributed by atoms with E-state index < -0.39 is 5.41 Å². The highest BCUT2D eigenvalue weighted by molar-refractivity contribution is 6.29. The summed E-state index contributed by atoms with van der Waals surface area (Å²) in [5, 5.41) is 17.2. The fourth-order valence-corrected chi connectivity index (χ4v) is 9.53. The zero-order valence-electron chi connectivity index (χ0n) is 28.2. The normalized spacial score (nSPS) is 13.1. The number of fused-ring (bicyclic) bond motifs is 16. The molecule has 0 radical (unpaired) electrons. The first kappa shape index (κ1) is 28.8. The van der Waals surface area contributed by atoms with E-state index in [0.29, 0.717) is 5.56 Å². The molecule has 9 aromatic rings. The number of benzene rings is 9. The van der Waals surface area contributed by atoms with Gasteiger partial charge in [-0.05, 0) is 102 Å². The van der Waals surface area contributed by atoms with Crippen LogP contribution in [0.25, 0.3) is 54.6 Å². The van der Waals surface area contributed by atoms with Crippen LogP contribution in [0.2, 0.25) is 0 Å². The smallest absolute Gasteiger partial charge is 0.0991 e. The lowest BCUT2D eigenvalue weighted by Crippen LogP contribution is -2.26. The van der Waals surface area contributed by atoms with E-state index in [0.717, 1.165) is 17.1 Å². The molecule has 0 N–H and O–H groups in total. The average Bonchev–Trinajstić information content (AvgIpc) is 3.69. The van der Waals surface area contributed by atoms with Gasteiger partial charge in [-0.1, -0.05) is 146 Å². The van der Waals surface area contributed by atoms with E-state index in [2.05, 4.69) is 181 Å². The zero-order valence-corrected chi connectivity index (χ0v) is 28.2. The van der Waals surface area contributed by atoms with Gasteiger partial charge in [0.15, 0.2) is 0 Å². The van der Waals surface area contributed by atoms with Gasteiger partial charge in [0.25, 0.3) is 0 Å². The fourth-order valence-electron chi connectivity index (χ4n) is 9.53. The van der Waals surface area contributed by atoms with Crippen molar-refractivity contribution >= 4 is 49.4 Å². The first-order chi connectivity index (χ1) is 25.8. The molecule has 0 heterocycles. The molecule has 9 aromatic carbocycles. The SMILES string of the molecule is N#Cc1ccc(N(c2cccc3c2-c2ccccc2C32c3ccccc3-c3ccccc32)c2cccc3c4ccccc4c4ccccc4c23)cc1. The maximum atomic E-state index is 9.81. The predicted octanol–water partition coefficient (Wildman–Crippen LogP) is 12.8. The lowest BCUT2D eigenvalue weighted by Gasteiger charge is -2.32. The molecule has 2 heteroatoms. The Morgan fingerprint density at radius 3 is 1.44 bits per heavy atom. The Morgan fingerprint density at radius 2 is 0.827 bits per heavy atom. The van der Waals surface area contributed by atoms with Crippen LogP contribution in [0.15, 0.2) is 182 Å². The quantitative estimate of drug-likeness (QED) is 0.177. The molecule has 0 atom stereocenters. The minimum absolute atomic E-state index is 0.451. The van der Waals surface area contributed by atoms with Gasteiger partial charge in [-0.15, -0.1) is 0 Å². The van der Waals surface area contributed by atoms with Crippen molar-refractivity contribution in [3.63, 3.8) is 0 Å². The number of hydrogen-bond acceptors (Lipinski definition) is 2. The number of nitriles is 1. The van der Waals surface area contributed by atoms with Gasteiger partial charge in [0, 0.05) is 16.6 Å². The molecule has 2 nitrogen and oxygen atoms in total. The third kappa shape index (κ3) is 3.67. The van der Waals surface area contributed by atoms with E-state index in [9.17, 15) is 5.26 Å². The van der Waals surface area contributed by atoms with Crippen molar-refractivity contribution in [3.05, 3.63) is 210 Å². The van der Waals surface area contributed by atoms with Crippen LogP contribution in [0.1, 0.15) is 27.8 Å². The van der Waals surface area contributed by atoms with Crippen LogP contribution >= 0.6 is 0 Å². The minimum Gasteiger partial charge on any atom is -0.309 e. The van der Waals surface area contributed by atoms with Crippen LogP contribution in [0.3, 0.4) is 0 Å². The maximum Gasteiger partial charge on any atom is 0.0991 e. The summed E-state index contributed by atoms with van der Waals surface area (Å²) in [6.07, 6.45) is 0. The number of hydrogen-bond donors (Lipinski definition) is 0. The van der Waals surface area contributed by atoms with Gasteiger partial charge in [0.1, 0.15) is 0 Å². The Balaban J connectivity index is 1.29. The van der Waals surface area contributed by atoms with Gasteiger partial charge in [-0.25, -0.2) is 0 Å². The van der Waals surface area contributed by atoms with Crippen LogP contribution in [-0.4, -0.2) is 0 Å². The van der Waals surface area contributed by atoms with Gasteiger partial charge in [0.05, 0.1) is 28.4 Å². The van der Waals surface area contributed by atoms with Gasteiger partial charge in [-0.2, -0.15) is 5.26 Å². The molecule has 0 amide bonds. The monoisotopic (exact) mass is 658 g/mol. The topological polar surface area (TPSA) is 27.0 Å². The summed E-state index contributed by atoms with van der Waals surface area (Å²) in [5.41, 5.74) is 13.7. The number of rotatable bonds is 3. The van der Waals surface area contributed by atoms with Gasteiger partial charge < -0.3 is 4.90 Å². The highest BCUT2D eigenvalue weighted by Crippen LogP contribution is 2.64. The van der Waals surface area contributed by atoms with Gasteiger partial charge in [0.2, 0.25) is 0 Å². The second-order valence-electron chi connectivity index (χ2n) is 13.9. The second kappa shape index (κ2) is 10.8. The molecule has 2 aliphatic rings. The molecule has 0 aromatic heterocycles. The number of anilines is 3. The molecule has 52 heavy (non-hydrogen) atoms. The molecule has 0 bridgehead atoms. The Bertz CT molecular complexity index is 2890. The standard InChI is InChI=1S/C50H30N2/c51-31-32-27-29-33(30-28-32)52(46-25-11-20-40-36-14-2-1-13-34(36)35-15-3-4-18-39(35)48(40)46)47-26-12-24-45-49(47)41-19-7-10-23-44(41)50(45)42-21-8-5-16-37(42)38-17-6-9-22-43(38)50/h1-30H. The lowest BCUT2D eigenvalue weighted by atomic mass is 9.70. The van der Waals surface area contributed by atoms with Crippen molar-refractivity contribution in [2.45, 2.75) is 5.41 Å². The first-order valence-corrected chi connectivity index (χ1v) is 17.8. The summed E-state index contributed by atoms with van der Waals surface area (Å²) >= 11 is 0. The van der Waals surface area contributed by atoms with E-state index in [-0.39, 0.29) is 0 Å². The van der Waals surface area contributed by atoms with Crippen LogP contribution < -0.4 is 4.90 Å². The van der Waals surface area contributed by atoms with Crippen LogP contribution in [0.4, 0.5) is 17.1 Å². The predicted molar refractivity (Wildman–Crippen MR) is 215 cm³/mol. The molecular formula is C50H30N2. The molecule has 1 spiro atoms. The molecule has 0 fully saturated rings. The first-order valence-electron chi connectivity index (χ1n) is 17.8. The third-order valence-corrected chi connectivity index (χ3v) is 11.5. The highest BCUT2D eigenvalue weighted by Gasteiger charge is 2.52. The third-order valence-electron chi connectivity index (χ3n) is 11.5. The van der Waals surface area contributed by atoms with Crippen molar-refractivity contribution in [1.29, 1.82) is 5.26 Å². The van der Waals surface area contributed by atoms with Gasteiger partial charge >= 0.3 is 0 Å². The van der Waals surface area contributed by atoms with Crippen LogP contribution in [-0.2, 0) is 5.41 Å². The van der Waals surface area contributed by atoms with E-state index in [4.69, 9.17) is 0 Å². The van der Waals surface area contributed by atoms with Crippen molar-refractivity contribution < 1.29 is 0 Å². The molecule has 11 rings (SSSR count). The minimum atomic E-state index is -0.451. The molecule has 0 aliphatic heterocycles. The Morgan fingerprint density at radius 1 is 0.385 bits per heavy atom. The fraction of sp³-hybridized carbons (Fsp3) is 0.0200. The van der Waals surface area contributed by atoms with Crippen molar-refractivity contribution in [1.82, 2.24) is 0 Å². The Kier molecular flexibility index (Phi) is 5.98. The summed E-state index contributed by atoms with van der Waals surface area (Å²) in [6, 6.07) is 68.4. The molecule has 0 saturated carbocycles. The summed E-state index contributed by atoms with van der Waals surface area (Å²) in [4.78, 5) is 2.44. The molecule has 0 unspecified atom stereocenters. The zero-order chi connectivity index (χ0) is 34.4. The van der Waals surface area contributed by atoms with E-state index >= 15 is 0 Å². The Hall–Kier alpha value is -6.95. The summed E-state index contributed by atoms with van der Waals surface area (Å²) < 4.78 is 0. The number of nitrogens with zero attached hydrogens (tertiary/aromatic N) is 2. The molecule has 240 valence electrons. The molecule has 0 saturated heterocycles. The molecular weight excluding hydrogens is 629 g/mol. The van der Waals surface area contributed by atoms with Crippen molar-refractivity contribution in [2.75, 3.05) is 4.90 Å². The largest absolute Gasteiger partial charge is 0.309 e. The van der Waals surface area contributed by atoms with E-state index in [1.807, 2.05) is 12.1 Å². The van der Waals surface area contributed by atoms with E-state index in [1.54, 1.807) is 0 Å². The summed E-state index contributed by atoms with van der Waals surface area (Å²) in [6.45, 7) is 0.